The molecule has 0 N–H and O–H groups in total. The number of halogens is 2. The highest BCUT2D eigenvalue weighted by Gasteiger charge is 2.26. The first-order chi connectivity index (χ1) is 7.50. The molecule has 0 radical (unpaired) electrons. The van der Waals surface area contributed by atoms with Crippen LogP contribution in [0.4, 0.5) is 10.1 Å². The van der Waals surface area contributed by atoms with Crippen LogP contribution in [-0.2, 0) is 10.0 Å². The fourth-order valence-corrected chi connectivity index (χ4v) is 3.60. The number of nitrogens with zero attached hydrogens (tertiary/aromatic N) is 1. The van der Waals surface area contributed by atoms with Crippen molar-refractivity contribution >= 4 is 31.6 Å². The van der Waals surface area contributed by atoms with Gasteiger partial charge in [-0.05, 0) is 47.0 Å². The molecule has 0 spiro atoms. The summed E-state index contributed by atoms with van der Waals surface area (Å²) in [6.07, 6.45) is 1.49. The molecule has 0 amide bonds. The van der Waals surface area contributed by atoms with Gasteiger partial charge < -0.3 is 0 Å². The Morgan fingerprint density at radius 2 is 2.06 bits per heavy atom. The summed E-state index contributed by atoms with van der Waals surface area (Å²) in [6, 6.07) is 4.37. The Hall–Kier alpha value is -0.620. The Labute approximate surface area is 102 Å². The lowest BCUT2D eigenvalue weighted by molar-refractivity contribution is 0.574. The monoisotopic (exact) mass is 307 g/mol. The van der Waals surface area contributed by atoms with E-state index < -0.39 is 15.8 Å². The molecule has 1 saturated heterocycles. The summed E-state index contributed by atoms with van der Waals surface area (Å²) in [5, 5.41) is 0. The van der Waals surface area contributed by atoms with Gasteiger partial charge in [0.25, 0.3) is 0 Å². The summed E-state index contributed by atoms with van der Waals surface area (Å²) in [4.78, 5) is 0. The van der Waals surface area contributed by atoms with Gasteiger partial charge in [-0.15, -0.1) is 0 Å². The smallest absolute Gasteiger partial charge is 0.235 e. The van der Waals surface area contributed by atoms with E-state index in [1.807, 2.05) is 0 Å². The van der Waals surface area contributed by atoms with Gasteiger partial charge in [0.1, 0.15) is 5.82 Å². The molecule has 1 heterocycles. The maximum absolute atomic E-state index is 13.3. The molecule has 0 aromatic heterocycles. The lowest BCUT2D eigenvalue weighted by Crippen LogP contribution is -2.37. The maximum atomic E-state index is 13.3. The minimum absolute atomic E-state index is 0.144. The summed E-state index contributed by atoms with van der Waals surface area (Å²) in [7, 11) is -3.25. The number of anilines is 1. The largest absolute Gasteiger partial charge is 0.270 e. The van der Waals surface area contributed by atoms with E-state index in [4.69, 9.17) is 0 Å². The summed E-state index contributed by atoms with van der Waals surface area (Å²) in [5.74, 6) is -0.303. The Balaban J connectivity index is 2.39. The molecule has 2 rings (SSSR count). The molecule has 1 fully saturated rings. The fraction of sp³-hybridized carbons (Fsp3) is 0.400. The third-order valence-corrected chi connectivity index (χ3v) is 5.05. The lowest BCUT2D eigenvalue weighted by atomic mass is 10.3. The third kappa shape index (κ3) is 2.22. The van der Waals surface area contributed by atoms with E-state index in [-0.39, 0.29) is 5.75 Å². The normalized spacial score (nSPS) is 19.8. The SMILES string of the molecule is O=S1(=O)CCCCN1c1ccc(Br)c(F)c1. The molecular weight excluding hydrogens is 297 g/mol. The Kier molecular flexibility index (Phi) is 3.21. The molecule has 0 bridgehead atoms. The molecule has 16 heavy (non-hydrogen) atoms. The van der Waals surface area contributed by atoms with Crippen molar-refractivity contribution in [1.29, 1.82) is 0 Å². The second kappa shape index (κ2) is 4.33. The first kappa shape index (κ1) is 11.9. The van der Waals surface area contributed by atoms with Crippen molar-refractivity contribution in [2.24, 2.45) is 0 Å². The highest BCUT2D eigenvalue weighted by Crippen LogP contribution is 2.26. The van der Waals surface area contributed by atoms with Crippen LogP contribution in [0.2, 0.25) is 0 Å². The van der Waals surface area contributed by atoms with Crippen molar-refractivity contribution in [3.63, 3.8) is 0 Å². The van der Waals surface area contributed by atoms with Crippen molar-refractivity contribution in [1.82, 2.24) is 0 Å². The Bertz CT molecular complexity index is 504. The molecule has 0 saturated carbocycles. The molecule has 3 nitrogen and oxygen atoms in total. The molecule has 88 valence electrons. The molecular formula is C10H11BrFNO2S. The Morgan fingerprint density at radius 1 is 1.31 bits per heavy atom. The average molecular weight is 308 g/mol. The predicted molar refractivity (Wildman–Crippen MR) is 64.5 cm³/mol. The topological polar surface area (TPSA) is 37.4 Å². The standard InChI is InChI=1S/C10H11BrFNO2S/c11-9-4-3-8(7-10(9)12)13-5-1-2-6-16(13,14)15/h3-4,7H,1-2,5-6H2. The van der Waals surface area contributed by atoms with Crippen molar-refractivity contribution in [2.75, 3.05) is 16.6 Å². The Morgan fingerprint density at radius 3 is 2.69 bits per heavy atom. The van der Waals surface area contributed by atoms with Crippen LogP contribution >= 0.6 is 15.9 Å². The van der Waals surface area contributed by atoms with Gasteiger partial charge in [0.2, 0.25) is 10.0 Å². The summed E-state index contributed by atoms with van der Waals surface area (Å²) in [5.41, 5.74) is 0.403. The van der Waals surface area contributed by atoms with Crippen molar-refractivity contribution in [3.8, 4) is 0 Å². The zero-order valence-electron chi connectivity index (χ0n) is 8.49. The molecule has 1 aliphatic heterocycles. The summed E-state index contributed by atoms with van der Waals surface area (Å²) >= 11 is 3.04. The molecule has 1 aliphatic rings. The van der Waals surface area contributed by atoms with Crippen molar-refractivity contribution in [3.05, 3.63) is 28.5 Å². The zero-order chi connectivity index (χ0) is 11.8. The number of hydrogen-bond donors (Lipinski definition) is 0. The quantitative estimate of drug-likeness (QED) is 0.799. The highest BCUT2D eigenvalue weighted by atomic mass is 79.9. The first-order valence-electron chi connectivity index (χ1n) is 4.96. The van der Waals surface area contributed by atoms with Gasteiger partial charge in [0, 0.05) is 6.54 Å². The van der Waals surface area contributed by atoms with E-state index in [0.29, 0.717) is 23.1 Å². The van der Waals surface area contributed by atoms with E-state index in [1.54, 1.807) is 6.07 Å². The third-order valence-electron chi connectivity index (χ3n) is 2.54. The molecule has 0 unspecified atom stereocenters. The minimum atomic E-state index is -3.25. The van der Waals surface area contributed by atoms with Crippen LogP contribution in [0.25, 0.3) is 0 Å². The molecule has 0 atom stereocenters. The van der Waals surface area contributed by atoms with Crippen LogP contribution in [0.3, 0.4) is 0 Å². The summed E-state index contributed by atoms with van der Waals surface area (Å²) in [6.45, 7) is 0.434. The lowest BCUT2D eigenvalue weighted by Gasteiger charge is -2.28. The number of sulfonamides is 1. The van der Waals surface area contributed by atoms with Gasteiger partial charge in [-0.1, -0.05) is 0 Å². The second-order valence-electron chi connectivity index (χ2n) is 3.69. The van der Waals surface area contributed by atoms with Crippen molar-refractivity contribution < 1.29 is 12.8 Å². The molecule has 0 aliphatic carbocycles. The van der Waals surface area contributed by atoms with Gasteiger partial charge in [0.15, 0.2) is 0 Å². The van der Waals surface area contributed by atoms with Gasteiger partial charge in [0.05, 0.1) is 15.9 Å². The maximum Gasteiger partial charge on any atom is 0.235 e. The average Bonchev–Trinajstić information content (AvgIpc) is 2.22. The molecule has 1 aromatic rings. The van der Waals surface area contributed by atoms with Crippen LogP contribution in [0, 0.1) is 5.82 Å². The van der Waals surface area contributed by atoms with Gasteiger partial charge in [-0.3, -0.25) is 4.31 Å². The first-order valence-corrected chi connectivity index (χ1v) is 7.36. The van der Waals surface area contributed by atoms with Crippen LogP contribution in [0.15, 0.2) is 22.7 Å². The van der Waals surface area contributed by atoms with Gasteiger partial charge in [-0.2, -0.15) is 0 Å². The highest BCUT2D eigenvalue weighted by molar-refractivity contribution is 9.10. The van der Waals surface area contributed by atoms with Crippen LogP contribution in [0.5, 0.6) is 0 Å². The van der Waals surface area contributed by atoms with E-state index in [1.165, 1.54) is 16.4 Å². The van der Waals surface area contributed by atoms with Crippen LogP contribution in [0.1, 0.15) is 12.8 Å². The second-order valence-corrected chi connectivity index (χ2v) is 6.56. The van der Waals surface area contributed by atoms with Gasteiger partial charge in [-0.25, -0.2) is 12.8 Å². The molecule has 1 aromatic carbocycles. The molecule has 6 heteroatoms. The summed E-state index contributed by atoms with van der Waals surface area (Å²) < 4.78 is 38.5. The number of hydrogen-bond acceptors (Lipinski definition) is 2. The van der Waals surface area contributed by atoms with E-state index >= 15 is 0 Å². The van der Waals surface area contributed by atoms with Crippen LogP contribution < -0.4 is 4.31 Å². The van der Waals surface area contributed by atoms with E-state index in [2.05, 4.69) is 15.9 Å². The minimum Gasteiger partial charge on any atom is -0.270 e. The van der Waals surface area contributed by atoms with E-state index in [9.17, 15) is 12.8 Å². The van der Waals surface area contributed by atoms with Crippen molar-refractivity contribution in [2.45, 2.75) is 12.8 Å². The van der Waals surface area contributed by atoms with E-state index in [0.717, 1.165) is 6.42 Å². The zero-order valence-corrected chi connectivity index (χ0v) is 10.9. The number of benzene rings is 1. The van der Waals surface area contributed by atoms with Gasteiger partial charge >= 0.3 is 0 Å². The number of rotatable bonds is 1. The fourth-order valence-electron chi connectivity index (χ4n) is 1.72. The predicted octanol–water partition coefficient (Wildman–Crippen LogP) is 2.52. The van der Waals surface area contributed by atoms with Crippen LogP contribution in [-0.4, -0.2) is 20.7 Å².